The van der Waals surface area contributed by atoms with Gasteiger partial charge in [0.1, 0.15) is 10.6 Å². The number of amides is 1. The lowest BCUT2D eigenvalue weighted by Crippen LogP contribution is -2.28. The molecule has 1 amide bonds. The molecule has 6 nitrogen and oxygen atoms in total. The van der Waals surface area contributed by atoms with Crippen LogP contribution >= 0.6 is 11.6 Å². The monoisotopic (exact) mass is 422 g/mol. The van der Waals surface area contributed by atoms with Crippen molar-refractivity contribution >= 4 is 33.2 Å². The Balaban J connectivity index is 1.66. The molecular formula is C20H23ClN2O4S. The minimum atomic E-state index is -3.67. The Hall–Kier alpha value is -2.09. The summed E-state index contributed by atoms with van der Waals surface area (Å²) in [5.74, 6) is 0.215. The molecule has 0 saturated carbocycles. The van der Waals surface area contributed by atoms with Crippen molar-refractivity contribution in [1.29, 1.82) is 0 Å². The largest absolute Gasteiger partial charge is 0.484 e. The molecule has 0 aliphatic carbocycles. The summed E-state index contributed by atoms with van der Waals surface area (Å²) in [5.41, 5.74) is 1.54. The molecule has 2 aromatic carbocycles. The molecule has 0 spiro atoms. The zero-order valence-electron chi connectivity index (χ0n) is 15.7. The van der Waals surface area contributed by atoms with E-state index in [4.69, 9.17) is 16.3 Å². The zero-order valence-corrected chi connectivity index (χ0v) is 17.2. The summed E-state index contributed by atoms with van der Waals surface area (Å²) in [6.45, 7) is 2.86. The molecule has 1 aliphatic rings. The predicted octanol–water partition coefficient (Wildman–Crippen LogP) is 3.70. The van der Waals surface area contributed by atoms with Crippen LogP contribution in [0.25, 0.3) is 0 Å². The van der Waals surface area contributed by atoms with E-state index in [0.717, 1.165) is 19.3 Å². The van der Waals surface area contributed by atoms with Crippen LogP contribution in [0.1, 0.15) is 25.3 Å². The van der Waals surface area contributed by atoms with Crippen molar-refractivity contribution in [2.24, 2.45) is 0 Å². The van der Waals surface area contributed by atoms with Crippen molar-refractivity contribution in [3.63, 3.8) is 0 Å². The summed E-state index contributed by atoms with van der Waals surface area (Å²) in [4.78, 5) is 12.2. The van der Waals surface area contributed by atoms with Gasteiger partial charge in [-0.05, 0) is 55.2 Å². The highest BCUT2D eigenvalue weighted by atomic mass is 35.5. The number of carbonyl (C=O) groups is 1. The Kier molecular flexibility index (Phi) is 6.59. The maximum absolute atomic E-state index is 12.8. The Morgan fingerprint density at radius 3 is 2.46 bits per heavy atom. The molecule has 1 fully saturated rings. The molecule has 2 aromatic rings. The smallest absolute Gasteiger partial charge is 0.262 e. The van der Waals surface area contributed by atoms with Gasteiger partial charge >= 0.3 is 0 Å². The fourth-order valence-electron chi connectivity index (χ4n) is 3.01. The van der Waals surface area contributed by atoms with E-state index in [1.165, 1.54) is 22.0 Å². The van der Waals surface area contributed by atoms with Crippen LogP contribution in [0.4, 0.5) is 5.69 Å². The predicted molar refractivity (Wildman–Crippen MR) is 109 cm³/mol. The van der Waals surface area contributed by atoms with E-state index in [-0.39, 0.29) is 22.4 Å². The van der Waals surface area contributed by atoms with Crippen LogP contribution in [0.5, 0.6) is 5.75 Å². The van der Waals surface area contributed by atoms with E-state index in [1.807, 2.05) is 24.3 Å². The van der Waals surface area contributed by atoms with Gasteiger partial charge in [-0.1, -0.05) is 30.7 Å². The third-order valence-corrected chi connectivity index (χ3v) is 6.98. The van der Waals surface area contributed by atoms with Gasteiger partial charge < -0.3 is 10.1 Å². The van der Waals surface area contributed by atoms with Gasteiger partial charge in [-0.3, -0.25) is 4.79 Å². The van der Waals surface area contributed by atoms with Crippen molar-refractivity contribution in [3.8, 4) is 5.75 Å². The molecule has 0 aromatic heterocycles. The normalized spacial score (nSPS) is 14.8. The standard InChI is InChI=1S/C20H23ClN2O4S/c1-2-15-5-8-17(9-6-15)27-14-20(24)22-16-7-10-18(21)19(13-16)28(25,26)23-11-3-4-12-23/h5-10,13H,2-4,11-12,14H2,1H3,(H,22,24). The molecular weight excluding hydrogens is 400 g/mol. The molecule has 3 rings (SSSR count). The summed E-state index contributed by atoms with van der Waals surface area (Å²) in [7, 11) is -3.67. The number of hydrogen-bond donors (Lipinski definition) is 1. The van der Waals surface area contributed by atoms with E-state index in [9.17, 15) is 13.2 Å². The Bertz CT molecular complexity index is 939. The van der Waals surface area contributed by atoms with Gasteiger partial charge in [0, 0.05) is 18.8 Å². The third kappa shape index (κ3) is 4.84. The van der Waals surface area contributed by atoms with Crippen LogP contribution in [0.2, 0.25) is 5.02 Å². The number of rotatable bonds is 7. The highest BCUT2D eigenvalue weighted by molar-refractivity contribution is 7.89. The fourth-order valence-corrected chi connectivity index (χ4v) is 5.03. The lowest BCUT2D eigenvalue weighted by atomic mass is 10.2. The molecule has 8 heteroatoms. The lowest BCUT2D eigenvalue weighted by molar-refractivity contribution is -0.118. The van der Waals surface area contributed by atoms with E-state index in [0.29, 0.717) is 24.5 Å². The number of aryl methyl sites for hydroxylation is 1. The number of anilines is 1. The van der Waals surface area contributed by atoms with E-state index >= 15 is 0 Å². The fraction of sp³-hybridized carbons (Fsp3) is 0.350. The van der Waals surface area contributed by atoms with Crippen molar-refractivity contribution in [1.82, 2.24) is 4.31 Å². The second-order valence-corrected chi connectivity index (χ2v) is 8.90. The molecule has 150 valence electrons. The number of nitrogens with one attached hydrogen (secondary N) is 1. The number of halogens is 1. The van der Waals surface area contributed by atoms with Crippen molar-refractivity contribution in [2.75, 3.05) is 25.0 Å². The van der Waals surface area contributed by atoms with Gasteiger partial charge in [0.25, 0.3) is 5.91 Å². The van der Waals surface area contributed by atoms with Crippen LogP contribution in [0.15, 0.2) is 47.4 Å². The SMILES string of the molecule is CCc1ccc(OCC(=O)Nc2ccc(Cl)c(S(=O)(=O)N3CCCC3)c2)cc1. The Morgan fingerprint density at radius 1 is 1.14 bits per heavy atom. The van der Waals surface area contributed by atoms with Crippen LogP contribution < -0.4 is 10.1 Å². The average Bonchev–Trinajstić information content (AvgIpc) is 3.24. The molecule has 0 radical (unpaired) electrons. The molecule has 1 N–H and O–H groups in total. The van der Waals surface area contributed by atoms with Gasteiger partial charge in [-0.25, -0.2) is 8.42 Å². The Morgan fingerprint density at radius 2 is 1.82 bits per heavy atom. The maximum Gasteiger partial charge on any atom is 0.262 e. The van der Waals surface area contributed by atoms with Gasteiger partial charge in [-0.2, -0.15) is 4.31 Å². The van der Waals surface area contributed by atoms with E-state index < -0.39 is 10.0 Å². The molecule has 1 aliphatic heterocycles. The number of carbonyl (C=O) groups excluding carboxylic acids is 1. The summed E-state index contributed by atoms with van der Waals surface area (Å²) < 4.78 is 32.4. The highest BCUT2D eigenvalue weighted by Gasteiger charge is 2.29. The lowest BCUT2D eigenvalue weighted by Gasteiger charge is -2.17. The summed E-state index contributed by atoms with van der Waals surface area (Å²) in [6, 6.07) is 12.0. The number of ether oxygens (including phenoxy) is 1. The van der Waals surface area contributed by atoms with Crippen LogP contribution in [0.3, 0.4) is 0 Å². The number of hydrogen-bond acceptors (Lipinski definition) is 4. The van der Waals surface area contributed by atoms with Crippen molar-refractivity contribution in [2.45, 2.75) is 31.1 Å². The first kappa shape index (κ1) is 20.6. The minimum absolute atomic E-state index is 0.00457. The quantitative estimate of drug-likeness (QED) is 0.738. The number of sulfonamides is 1. The second-order valence-electron chi connectivity index (χ2n) is 6.59. The van der Waals surface area contributed by atoms with Crippen molar-refractivity contribution < 1.29 is 17.9 Å². The number of nitrogens with zero attached hydrogens (tertiary/aromatic N) is 1. The number of benzene rings is 2. The third-order valence-electron chi connectivity index (χ3n) is 4.60. The Labute approximate surface area is 170 Å². The van der Waals surface area contributed by atoms with Crippen LogP contribution in [-0.4, -0.2) is 38.3 Å². The van der Waals surface area contributed by atoms with Crippen molar-refractivity contribution in [3.05, 3.63) is 53.1 Å². The molecule has 1 heterocycles. The topological polar surface area (TPSA) is 75.7 Å². The van der Waals surface area contributed by atoms with Gasteiger partial charge in [-0.15, -0.1) is 0 Å². The molecule has 28 heavy (non-hydrogen) atoms. The first-order valence-corrected chi connectivity index (χ1v) is 11.0. The van der Waals surface area contributed by atoms with Gasteiger partial charge in [0.05, 0.1) is 5.02 Å². The maximum atomic E-state index is 12.8. The van der Waals surface area contributed by atoms with Crippen LogP contribution in [-0.2, 0) is 21.2 Å². The van der Waals surface area contributed by atoms with Gasteiger partial charge in [0.15, 0.2) is 6.61 Å². The van der Waals surface area contributed by atoms with E-state index in [2.05, 4.69) is 12.2 Å². The van der Waals surface area contributed by atoms with Crippen LogP contribution in [0, 0.1) is 0 Å². The average molecular weight is 423 g/mol. The molecule has 0 bridgehead atoms. The first-order chi connectivity index (χ1) is 13.4. The summed E-state index contributed by atoms with van der Waals surface area (Å²) >= 11 is 6.12. The zero-order chi connectivity index (χ0) is 20.1. The summed E-state index contributed by atoms with van der Waals surface area (Å²) in [5, 5.41) is 2.80. The van der Waals surface area contributed by atoms with Gasteiger partial charge in [0.2, 0.25) is 10.0 Å². The second kappa shape index (κ2) is 8.94. The minimum Gasteiger partial charge on any atom is -0.484 e. The first-order valence-electron chi connectivity index (χ1n) is 9.21. The highest BCUT2D eigenvalue weighted by Crippen LogP contribution is 2.29. The molecule has 1 saturated heterocycles. The molecule has 0 unspecified atom stereocenters. The molecule has 0 atom stereocenters. The van der Waals surface area contributed by atoms with E-state index in [1.54, 1.807) is 6.07 Å². The summed E-state index contributed by atoms with van der Waals surface area (Å²) in [6.07, 6.45) is 2.60.